The first kappa shape index (κ1) is 13.0. The minimum absolute atomic E-state index is 0.0181. The Kier molecular flexibility index (Phi) is 3.96. The lowest BCUT2D eigenvalue weighted by atomic mass is 10.2. The van der Waals surface area contributed by atoms with Crippen LogP contribution in [0.2, 0.25) is 0 Å². The van der Waals surface area contributed by atoms with Gasteiger partial charge in [0.05, 0.1) is 12.3 Å². The molecule has 0 bridgehead atoms. The Bertz CT molecular complexity index is 478. The molecular weight excluding hydrogens is 300 g/mol. The van der Waals surface area contributed by atoms with Crippen LogP contribution in [0.3, 0.4) is 0 Å². The molecule has 0 saturated carbocycles. The number of rotatable bonds is 3. The number of hydrogen-bond acceptors (Lipinski definition) is 4. The van der Waals surface area contributed by atoms with Crippen molar-refractivity contribution in [3.05, 3.63) is 24.0 Å². The number of alkyl halides is 1. The molecule has 1 aliphatic heterocycles. The van der Waals surface area contributed by atoms with Gasteiger partial charge >= 0.3 is 5.97 Å². The zero-order valence-electron chi connectivity index (χ0n) is 9.93. The maximum atomic E-state index is 11.8. The van der Waals surface area contributed by atoms with Crippen LogP contribution >= 0.6 is 15.9 Å². The van der Waals surface area contributed by atoms with Crippen LogP contribution in [-0.2, 0) is 9.53 Å². The van der Waals surface area contributed by atoms with E-state index in [1.165, 1.54) is 6.20 Å². The first-order valence-corrected chi connectivity index (χ1v) is 6.61. The molecule has 1 aromatic heterocycles. The number of amides is 1. The zero-order valence-corrected chi connectivity index (χ0v) is 11.5. The Labute approximate surface area is 113 Å². The molecule has 1 aliphatic rings. The molecule has 1 unspecified atom stereocenters. The summed E-state index contributed by atoms with van der Waals surface area (Å²) >= 11 is 3.41. The van der Waals surface area contributed by atoms with E-state index in [4.69, 9.17) is 4.74 Å². The Balaban J connectivity index is 2.33. The summed E-state index contributed by atoms with van der Waals surface area (Å²) in [5, 5.41) is 0. The van der Waals surface area contributed by atoms with E-state index < -0.39 is 5.97 Å². The van der Waals surface area contributed by atoms with Crippen molar-refractivity contribution < 1.29 is 14.3 Å². The number of pyridine rings is 1. The molecule has 0 aromatic carbocycles. The van der Waals surface area contributed by atoms with Gasteiger partial charge in [-0.1, -0.05) is 15.9 Å². The molecule has 0 aliphatic carbocycles. The van der Waals surface area contributed by atoms with E-state index in [1.807, 2.05) is 0 Å². The van der Waals surface area contributed by atoms with Crippen LogP contribution in [0.25, 0.3) is 0 Å². The second-order valence-corrected chi connectivity index (χ2v) is 5.19. The Morgan fingerprint density at radius 1 is 1.67 bits per heavy atom. The van der Waals surface area contributed by atoms with Crippen LogP contribution in [0.15, 0.2) is 18.3 Å². The Hall–Kier alpha value is -1.43. The van der Waals surface area contributed by atoms with Gasteiger partial charge < -0.3 is 9.64 Å². The second kappa shape index (κ2) is 5.48. The van der Waals surface area contributed by atoms with Crippen LogP contribution in [0.4, 0.5) is 5.69 Å². The summed E-state index contributed by atoms with van der Waals surface area (Å²) in [5.74, 6) is -0.519. The third-order valence-electron chi connectivity index (χ3n) is 2.62. The average Bonchev–Trinajstić information content (AvgIpc) is 2.69. The topological polar surface area (TPSA) is 59.5 Å². The number of esters is 1. The number of hydrogen-bond donors (Lipinski definition) is 0. The summed E-state index contributed by atoms with van der Waals surface area (Å²) in [6.45, 7) is 2.55. The molecule has 0 radical (unpaired) electrons. The summed E-state index contributed by atoms with van der Waals surface area (Å²) < 4.78 is 4.94. The number of anilines is 1. The predicted molar refractivity (Wildman–Crippen MR) is 69.9 cm³/mol. The van der Waals surface area contributed by atoms with E-state index >= 15 is 0 Å². The van der Waals surface area contributed by atoms with Crippen molar-refractivity contribution in [2.75, 3.05) is 18.1 Å². The van der Waals surface area contributed by atoms with Crippen molar-refractivity contribution >= 4 is 33.5 Å². The molecule has 2 rings (SSSR count). The quantitative estimate of drug-likeness (QED) is 0.630. The molecule has 1 atom stereocenters. The van der Waals surface area contributed by atoms with Gasteiger partial charge in [0.1, 0.15) is 0 Å². The van der Waals surface area contributed by atoms with E-state index in [0.717, 1.165) is 0 Å². The predicted octanol–water partition coefficient (Wildman–Crippen LogP) is 1.76. The van der Waals surface area contributed by atoms with Crippen molar-refractivity contribution in [1.29, 1.82) is 0 Å². The van der Waals surface area contributed by atoms with E-state index in [9.17, 15) is 9.59 Å². The fraction of sp³-hybridized carbons (Fsp3) is 0.417. The standard InChI is InChI=1S/C12H13BrN2O3/c1-2-18-12(17)11-9(4-3-5-14-11)15-7-8(13)6-10(15)16/h3-5,8H,2,6-7H2,1H3. The summed E-state index contributed by atoms with van der Waals surface area (Å²) in [6, 6.07) is 3.41. The van der Waals surface area contributed by atoms with Gasteiger partial charge in [-0.15, -0.1) is 0 Å². The van der Waals surface area contributed by atoms with E-state index in [-0.39, 0.29) is 23.0 Å². The van der Waals surface area contributed by atoms with Crippen LogP contribution in [0, 0.1) is 0 Å². The lowest BCUT2D eigenvalue weighted by Crippen LogP contribution is -2.27. The number of nitrogens with zero attached hydrogens (tertiary/aromatic N) is 2. The summed E-state index contributed by atoms with van der Waals surface area (Å²) in [4.78, 5) is 29.3. The van der Waals surface area contributed by atoms with Gasteiger partial charge in [0, 0.05) is 24.0 Å². The fourth-order valence-corrected chi connectivity index (χ4v) is 2.43. The zero-order chi connectivity index (χ0) is 13.1. The third-order valence-corrected chi connectivity index (χ3v) is 3.24. The largest absolute Gasteiger partial charge is 0.461 e. The van der Waals surface area contributed by atoms with Gasteiger partial charge in [-0.3, -0.25) is 4.79 Å². The van der Waals surface area contributed by atoms with Crippen molar-refractivity contribution in [3.8, 4) is 0 Å². The van der Waals surface area contributed by atoms with Gasteiger partial charge in [0.2, 0.25) is 5.91 Å². The summed E-state index contributed by atoms with van der Waals surface area (Å²) in [5.41, 5.74) is 0.706. The molecule has 18 heavy (non-hydrogen) atoms. The lowest BCUT2D eigenvalue weighted by Gasteiger charge is -2.18. The first-order chi connectivity index (χ1) is 8.63. The highest BCUT2D eigenvalue weighted by atomic mass is 79.9. The third kappa shape index (κ3) is 2.53. The second-order valence-electron chi connectivity index (χ2n) is 3.90. The molecule has 2 heterocycles. The van der Waals surface area contributed by atoms with E-state index in [1.54, 1.807) is 24.0 Å². The number of halogens is 1. The van der Waals surface area contributed by atoms with Crippen LogP contribution in [0.5, 0.6) is 0 Å². The number of carbonyl (C=O) groups is 2. The SMILES string of the molecule is CCOC(=O)c1ncccc1N1CC(Br)CC1=O. The van der Waals surface area contributed by atoms with Gasteiger partial charge in [-0.25, -0.2) is 9.78 Å². The Morgan fingerprint density at radius 2 is 2.44 bits per heavy atom. The number of aromatic nitrogens is 1. The summed E-state index contributed by atoms with van der Waals surface area (Å²) in [7, 11) is 0. The molecular formula is C12H13BrN2O3. The molecule has 0 N–H and O–H groups in total. The van der Waals surface area contributed by atoms with Crippen molar-refractivity contribution in [2.45, 2.75) is 18.2 Å². The molecule has 1 saturated heterocycles. The molecule has 1 amide bonds. The highest BCUT2D eigenvalue weighted by molar-refractivity contribution is 9.09. The van der Waals surface area contributed by atoms with Gasteiger partial charge in [0.25, 0.3) is 0 Å². The minimum atomic E-state index is -0.501. The van der Waals surface area contributed by atoms with Gasteiger partial charge in [0.15, 0.2) is 5.69 Å². The van der Waals surface area contributed by atoms with Crippen LogP contribution in [-0.4, -0.2) is 34.8 Å². The monoisotopic (exact) mass is 312 g/mol. The molecule has 0 spiro atoms. The molecule has 5 nitrogen and oxygen atoms in total. The average molecular weight is 313 g/mol. The van der Waals surface area contributed by atoms with Crippen molar-refractivity contribution in [3.63, 3.8) is 0 Å². The van der Waals surface area contributed by atoms with Crippen LogP contribution in [0.1, 0.15) is 23.8 Å². The normalized spacial score (nSPS) is 19.1. The van der Waals surface area contributed by atoms with Gasteiger partial charge in [-0.2, -0.15) is 0 Å². The number of ether oxygens (including phenoxy) is 1. The molecule has 96 valence electrons. The van der Waals surface area contributed by atoms with Crippen molar-refractivity contribution in [2.24, 2.45) is 0 Å². The molecule has 1 fully saturated rings. The highest BCUT2D eigenvalue weighted by Crippen LogP contribution is 2.27. The van der Waals surface area contributed by atoms with Gasteiger partial charge in [-0.05, 0) is 19.1 Å². The Morgan fingerprint density at radius 3 is 3.06 bits per heavy atom. The molecule has 6 heteroatoms. The van der Waals surface area contributed by atoms with E-state index in [0.29, 0.717) is 18.7 Å². The maximum absolute atomic E-state index is 11.8. The number of carbonyl (C=O) groups excluding carboxylic acids is 2. The smallest absolute Gasteiger partial charge is 0.359 e. The van der Waals surface area contributed by atoms with E-state index in [2.05, 4.69) is 20.9 Å². The fourth-order valence-electron chi connectivity index (χ4n) is 1.87. The highest BCUT2D eigenvalue weighted by Gasteiger charge is 2.31. The van der Waals surface area contributed by atoms with Crippen LogP contribution < -0.4 is 4.90 Å². The van der Waals surface area contributed by atoms with Crippen molar-refractivity contribution in [1.82, 2.24) is 4.98 Å². The first-order valence-electron chi connectivity index (χ1n) is 5.70. The maximum Gasteiger partial charge on any atom is 0.359 e. The minimum Gasteiger partial charge on any atom is -0.461 e. The lowest BCUT2D eigenvalue weighted by molar-refractivity contribution is -0.117. The molecule has 1 aromatic rings. The summed E-state index contributed by atoms with van der Waals surface area (Å²) in [6.07, 6.45) is 1.94.